The predicted molar refractivity (Wildman–Crippen MR) is 69.7 cm³/mol. The molecule has 1 aliphatic heterocycles. The van der Waals surface area contributed by atoms with Crippen LogP contribution >= 0.6 is 0 Å². The fraction of sp³-hybridized carbons (Fsp3) is 0.462. The lowest BCUT2D eigenvalue weighted by Crippen LogP contribution is -2.37. The van der Waals surface area contributed by atoms with E-state index in [1.54, 1.807) is 12.1 Å². The van der Waals surface area contributed by atoms with E-state index in [-0.39, 0.29) is 5.75 Å². The Kier molecular flexibility index (Phi) is 4.36. The van der Waals surface area contributed by atoms with Crippen LogP contribution in [0.2, 0.25) is 0 Å². The molecular weight excluding hydrogens is 271 g/mol. The van der Waals surface area contributed by atoms with E-state index in [9.17, 15) is 13.2 Å². The van der Waals surface area contributed by atoms with E-state index in [1.165, 1.54) is 12.1 Å². The van der Waals surface area contributed by atoms with Gasteiger partial charge in [-0.25, -0.2) is 0 Å². The molecule has 1 heterocycles. The summed E-state index contributed by atoms with van der Waals surface area (Å²) in [6.07, 6.45) is -4.32. The number of ether oxygens (including phenoxy) is 1. The van der Waals surface area contributed by atoms with Crippen molar-refractivity contribution in [3.8, 4) is 5.75 Å². The summed E-state index contributed by atoms with van der Waals surface area (Å²) in [6.45, 7) is 2.05. The number of guanidine groups is 1. The molecule has 20 heavy (non-hydrogen) atoms. The summed E-state index contributed by atoms with van der Waals surface area (Å²) < 4.78 is 40.6. The number of hydrogen-bond acceptors (Lipinski definition) is 4. The lowest BCUT2D eigenvalue weighted by Gasteiger charge is -2.11. The van der Waals surface area contributed by atoms with E-state index < -0.39 is 12.8 Å². The summed E-state index contributed by atoms with van der Waals surface area (Å²) in [5.74, 6) is 0.950. The average molecular weight is 287 g/mol. The molecule has 2 rings (SSSR count). The van der Waals surface area contributed by atoms with Crippen LogP contribution in [0.25, 0.3) is 0 Å². The SMILES string of the molecule is CC1CN=C(NCc2ccc(OCC(F)(F)F)cc2)N1. The van der Waals surface area contributed by atoms with Gasteiger partial charge in [0.2, 0.25) is 0 Å². The largest absolute Gasteiger partial charge is 0.484 e. The Morgan fingerprint density at radius 2 is 2.05 bits per heavy atom. The van der Waals surface area contributed by atoms with E-state index in [2.05, 4.69) is 20.4 Å². The summed E-state index contributed by atoms with van der Waals surface area (Å²) in [4.78, 5) is 4.25. The minimum atomic E-state index is -4.32. The number of benzene rings is 1. The zero-order valence-electron chi connectivity index (χ0n) is 11.0. The van der Waals surface area contributed by atoms with Crippen molar-refractivity contribution in [2.24, 2.45) is 4.99 Å². The van der Waals surface area contributed by atoms with Crippen molar-refractivity contribution in [2.75, 3.05) is 13.2 Å². The van der Waals surface area contributed by atoms with E-state index in [1.807, 2.05) is 6.92 Å². The third-order valence-corrected chi connectivity index (χ3v) is 2.69. The quantitative estimate of drug-likeness (QED) is 0.891. The maximum Gasteiger partial charge on any atom is 0.422 e. The van der Waals surface area contributed by atoms with E-state index in [0.29, 0.717) is 12.6 Å². The number of nitrogens with zero attached hydrogens (tertiary/aromatic N) is 1. The van der Waals surface area contributed by atoms with Crippen LogP contribution in [0, 0.1) is 0 Å². The molecule has 0 fully saturated rings. The van der Waals surface area contributed by atoms with Crippen LogP contribution in [0.15, 0.2) is 29.3 Å². The highest BCUT2D eigenvalue weighted by molar-refractivity contribution is 5.81. The van der Waals surface area contributed by atoms with Gasteiger partial charge >= 0.3 is 6.18 Å². The van der Waals surface area contributed by atoms with Gasteiger partial charge in [-0.15, -0.1) is 0 Å². The summed E-state index contributed by atoms with van der Waals surface area (Å²) in [5.41, 5.74) is 0.938. The second-order valence-corrected chi connectivity index (χ2v) is 4.64. The van der Waals surface area contributed by atoms with Crippen LogP contribution in [0.5, 0.6) is 5.75 Å². The summed E-state index contributed by atoms with van der Waals surface area (Å²) >= 11 is 0. The molecule has 1 atom stereocenters. The first kappa shape index (κ1) is 14.5. The van der Waals surface area contributed by atoms with Crippen molar-refractivity contribution in [1.82, 2.24) is 10.6 Å². The molecule has 0 saturated heterocycles. The zero-order valence-corrected chi connectivity index (χ0v) is 11.0. The molecule has 1 aromatic carbocycles. The Morgan fingerprint density at radius 1 is 1.35 bits per heavy atom. The third-order valence-electron chi connectivity index (χ3n) is 2.69. The molecule has 110 valence electrons. The molecule has 0 radical (unpaired) electrons. The normalized spacial score (nSPS) is 18.4. The van der Waals surface area contributed by atoms with Crippen molar-refractivity contribution < 1.29 is 17.9 Å². The Morgan fingerprint density at radius 3 is 2.60 bits per heavy atom. The third kappa shape index (κ3) is 4.64. The van der Waals surface area contributed by atoms with E-state index in [0.717, 1.165) is 18.1 Å². The molecule has 2 N–H and O–H groups in total. The van der Waals surface area contributed by atoms with Gasteiger partial charge in [0.25, 0.3) is 0 Å². The van der Waals surface area contributed by atoms with E-state index >= 15 is 0 Å². The van der Waals surface area contributed by atoms with Crippen LogP contribution in [0.3, 0.4) is 0 Å². The summed E-state index contributed by atoms with van der Waals surface area (Å²) in [5, 5.41) is 6.28. The van der Waals surface area contributed by atoms with Crippen LogP contribution < -0.4 is 15.4 Å². The number of hydrogen-bond donors (Lipinski definition) is 2. The van der Waals surface area contributed by atoms with Gasteiger partial charge in [0, 0.05) is 12.6 Å². The number of aliphatic imine (C=N–C) groups is 1. The fourth-order valence-corrected chi connectivity index (χ4v) is 1.71. The molecular formula is C13H16F3N3O. The van der Waals surface area contributed by atoms with Gasteiger partial charge in [0.15, 0.2) is 12.6 Å². The molecule has 7 heteroatoms. The monoisotopic (exact) mass is 287 g/mol. The maximum atomic E-state index is 12.0. The highest BCUT2D eigenvalue weighted by Gasteiger charge is 2.28. The lowest BCUT2D eigenvalue weighted by atomic mass is 10.2. The Balaban J connectivity index is 1.79. The molecule has 1 aliphatic rings. The van der Waals surface area contributed by atoms with Crippen molar-refractivity contribution in [3.63, 3.8) is 0 Å². The molecule has 0 spiro atoms. The predicted octanol–water partition coefficient (Wildman–Crippen LogP) is 2.06. The van der Waals surface area contributed by atoms with Gasteiger partial charge in [-0.2, -0.15) is 13.2 Å². The average Bonchev–Trinajstić information content (AvgIpc) is 2.80. The minimum Gasteiger partial charge on any atom is -0.484 e. The topological polar surface area (TPSA) is 45.7 Å². The molecule has 1 aromatic rings. The highest BCUT2D eigenvalue weighted by atomic mass is 19.4. The smallest absolute Gasteiger partial charge is 0.422 e. The summed E-state index contributed by atoms with van der Waals surface area (Å²) in [6, 6.07) is 6.82. The van der Waals surface area contributed by atoms with Gasteiger partial charge < -0.3 is 15.4 Å². The lowest BCUT2D eigenvalue weighted by molar-refractivity contribution is -0.153. The van der Waals surface area contributed by atoms with Crippen molar-refractivity contribution in [3.05, 3.63) is 29.8 Å². The molecule has 0 aliphatic carbocycles. The molecule has 0 saturated carbocycles. The molecule has 0 aromatic heterocycles. The molecule has 4 nitrogen and oxygen atoms in total. The standard InChI is InChI=1S/C13H16F3N3O/c1-9-6-17-12(19-9)18-7-10-2-4-11(5-3-10)20-8-13(14,15)16/h2-5,9H,6-8H2,1H3,(H2,17,18,19). The number of halogens is 3. The Hall–Kier alpha value is -1.92. The second kappa shape index (κ2) is 6.02. The van der Waals surface area contributed by atoms with Gasteiger partial charge in [0.05, 0.1) is 6.54 Å². The van der Waals surface area contributed by atoms with Gasteiger partial charge in [-0.05, 0) is 24.6 Å². The fourth-order valence-electron chi connectivity index (χ4n) is 1.71. The number of rotatable bonds is 4. The maximum absolute atomic E-state index is 12.0. The second-order valence-electron chi connectivity index (χ2n) is 4.64. The van der Waals surface area contributed by atoms with Crippen LogP contribution in [-0.2, 0) is 6.54 Å². The molecule has 0 bridgehead atoms. The van der Waals surface area contributed by atoms with Gasteiger partial charge in [0.1, 0.15) is 5.75 Å². The first-order valence-electron chi connectivity index (χ1n) is 6.26. The van der Waals surface area contributed by atoms with Crippen LogP contribution in [0.4, 0.5) is 13.2 Å². The van der Waals surface area contributed by atoms with E-state index in [4.69, 9.17) is 0 Å². The van der Waals surface area contributed by atoms with Crippen LogP contribution in [-0.4, -0.2) is 31.3 Å². The van der Waals surface area contributed by atoms with Gasteiger partial charge in [-0.3, -0.25) is 4.99 Å². The van der Waals surface area contributed by atoms with Gasteiger partial charge in [-0.1, -0.05) is 12.1 Å². The van der Waals surface area contributed by atoms with Crippen molar-refractivity contribution in [2.45, 2.75) is 25.7 Å². The minimum absolute atomic E-state index is 0.205. The number of alkyl halides is 3. The zero-order chi connectivity index (χ0) is 14.6. The Labute approximate surface area is 115 Å². The van der Waals surface area contributed by atoms with Crippen molar-refractivity contribution in [1.29, 1.82) is 0 Å². The number of nitrogens with one attached hydrogen (secondary N) is 2. The first-order chi connectivity index (χ1) is 9.42. The van der Waals surface area contributed by atoms with Crippen LogP contribution in [0.1, 0.15) is 12.5 Å². The molecule has 0 amide bonds. The highest BCUT2D eigenvalue weighted by Crippen LogP contribution is 2.18. The summed E-state index contributed by atoms with van der Waals surface area (Å²) in [7, 11) is 0. The first-order valence-corrected chi connectivity index (χ1v) is 6.26. The Bertz CT molecular complexity index is 471. The molecule has 1 unspecified atom stereocenters. The van der Waals surface area contributed by atoms with Crippen molar-refractivity contribution >= 4 is 5.96 Å².